The number of benzene rings is 7. The molecule has 10 aromatic rings. The predicted octanol–water partition coefficient (Wildman–Crippen LogP) is 13.1. The first-order chi connectivity index (χ1) is 24.9. The molecule has 3 nitrogen and oxygen atoms in total. The summed E-state index contributed by atoms with van der Waals surface area (Å²) in [6.07, 6.45) is 0. The fraction of sp³-hybridized carbons (Fsp3) is 0.0851. The van der Waals surface area contributed by atoms with Crippen LogP contribution in [0.15, 0.2) is 158 Å². The van der Waals surface area contributed by atoms with Crippen LogP contribution in [0.4, 0.5) is 0 Å². The Bertz CT molecular complexity index is 2950. The first kappa shape index (κ1) is 29.9. The molecule has 0 bridgehead atoms. The number of thiophene rings is 1. The molecule has 0 unspecified atom stereocenters. The van der Waals surface area contributed by atoms with Gasteiger partial charge in [0.05, 0.1) is 22.1 Å². The summed E-state index contributed by atoms with van der Waals surface area (Å²) in [7, 11) is 0. The van der Waals surface area contributed by atoms with Crippen LogP contribution >= 0.6 is 11.3 Å². The van der Waals surface area contributed by atoms with Crippen LogP contribution in [0.25, 0.3) is 86.9 Å². The molecule has 0 N–H and O–H groups in total. The molecule has 3 heterocycles. The topological polar surface area (TPSA) is 22.8 Å². The van der Waals surface area contributed by atoms with E-state index in [0.717, 1.165) is 33.8 Å². The lowest BCUT2D eigenvalue weighted by Crippen LogP contribution is -2.11. The molecule has 0 aliphatic carbocycles. The molecule has 244 valence electrons. The van der Waals surface area contributed by atoms with E-state index in [9.17, 15) is 0 Å². The Balaban J connectivity index is 1.18. The molecule has 51 heavy (non-hydrogen) atoms. The maximum Gasteiger partial charge on any atom is 0.145 e. The summed E-state index contributed by atoms with van der Waals surface area (Å²) >= 11 is 1.88. The smallest absolute Gasteiger partial charge is 0.145 e. The highest BCUT2D eigenvalue weighted by atomic mass is 32.1. The Morgan fingerprint density at radius 2 is 1.18 bits per heavy atom. The number of hydrogen-bond donors (Lipinski definition) is 0. The molecular weight excluding hydrogens is 639 g/mol. The minimum Gasteiger partial charge on any atom is -0.309 e. The van der Waals surface area contributed by atoms with Crippen LogP contribution < -0.4 is 0 Å². The largest absolute Gasteiger partial charge is 0.309 e. The van der Waals surface area contributed by atoms with Crippen molar-refractivity contribution in [2.45, 2.75) is 26.2 Å². The van der Waals surface area contributed by atoms with Gasteiger partial charge in [0.1, 0.15) is 5.82 Å². The average Bonchev–Trinajstić information content (AvgIpc) is 3.84. The van der Waals surface area contributed by atoms with Crippen molar-refractivity contribution in [2.24, 2.45) is 0 Å². The van der Waals surface area contributed by atoms with Crippen LogP contribution in [-0.4, -0.2) is 14.1 Å². The summed E-state index contributed by atoms with van der Waals surface area (Å²) in [6, 6.07) is 57.3. The standard InChI is InChI=1S/C47H35N3S/c1-47(2,3)39-22-13-24-42-44(39)48-46(50(42)32-15-5-4-6-16-32)31-14-11-17-33(28-31)49-40-23-9-7-18-35(40)38-29-30(26-27-41(38)49)34-20-12-21-37-36-19-8-10-25-43(36)51-45(34)37/h4-29H,1-3H3. The number of fused-ring (bicyclic) bond motifs is 7. The Morgan fingerprint density at radius 1 is 0.490 bits per heavy atom. The van der Waals surface area contributed by atoms with Crippen LogP contribution in [0.2, 0.25) is 0 Å². The zero-order chi connectivity index (χ0) is 34.3. The van der Waals surface area contributed by atoms with Gasteiger partial charge in [-0.1, -0.05) is 124 Å². The van der Waals surface area contributed by atoms with E-state index in [0.29, 0.717) is 0 Å². The summed E-state index contributed by atoms with van der Waals surface area (Å²) in [6.45, 7) is 6.79. The lowest BCUT2D eigenvalue weighted by molar-refractivity contribution is 0.595. The van der Waals surface area contributed by atoms with Crippen LogP contribution in [-0.2, 0) is 5.41 Å². The molecule has 0 saturated heterocycles. The van der Waals surface area contributed by atoms with Crippen molar-refractivity contribution in [3.63, 3.8) is 0 Å². The van der Waals surface area contributed by atoms with Crippen molar-refractivity contribution in [3.05, 3.63) is 163 Å². The monoisotopic (exact) mass is 673 g/mol. The first-order valence-corrected chi connectivity index (χ1v) is 18.4. The summed E-state index contributed by atoms with van der Waals surface area (Å²) in [5.74, 6) is 0.939. The SMILES string of the molecule is CC(C)(C)c1cccc2c1nc(-c1cccc(-n3c4ccccc4c4cc(-c5cccc6c5sc5ccccc56)ccc43)c1)n2-c1ccccc1. The second-order valence-corrected chi connectivity index (χ2v) is 15.5. The van der Waals surface area contributed by atoms with Gasteiger partial charge in [0, 0.05) is 47.9 Å². The van der Waals surface area contributed by atoms with Crippen LogP contribution in [0.5, 0.6) is 0 Å². The van der Waals surface area contributed by atoms with E-state index in [1.54, 1.807) is 0 Å². The Kier molecular flexibility index (Phi) is 6.61. The fourth-order valence-electron chi connectivity index (χ4n) is 7.91. The molecule has 0 aliphatic heterocycles. The molecule has 0 fully saturated rings. The molecule has 3 aromatic heterocycles. The molecule has 0 spiro atoms. The highest BCUT2D eigenvalue weighted by Crippen LogP contribution is 2.42. The Hall–Kier alpha value is -5.97. The summed E-state index contributed by atoms with van der Waals surface area (Å²) in [5, 5.41) is 5.14. The molecule has 0 aliphatic rings. The molecule has 4 heteroatoms. The molecular formula is C47H35N3S. The van der Waals surface area contributed by atoms with E-state index in [-0.39, 0.29) is 5.41 Å². The zero-order valence-corrected chi connectivity index (χ0v) is 29.6. The maximum absolute atomic E-state index is 5.41. The first-order valence-electron chi connectivity index (χ1n) is 17.6. The average molecular weight is 674 g/mol. The van der Waals surface area contributed by atoms with Gasteiger partial charge in [0.15, 0.2) is 0 Å². The lowest BCUT2D eigenvalue weighted by Gasteiger charge is -2.19. The molecule has 0 atom stereocenters. The van der Waals surface area contributed by atoms with Crippen molar-refractivity contribution in [1.29, 1.82) is 0 Å². The van der Waals surface area contributed by atoms with Gasteiger partial charge in [-0.15, -0.1) is 11.3 Å². The second-order valence-electron chi connectivity index (χ2n) is 14.4. The van der Waals surface area contributed by atoms with Crippen molar-refractivity contribution in [3.8, 4) is 33.9 Å². The Morgan fingerprint density at radius 3 is 2.04 bits per heavy atom. The summed E-state index contributed by atoms with van der Waals surface area (Å²) < 4.78 is 7.39. The molecule has 0 amide bonds. The van der Waals surface area contributed by atoms with Crippen molar-refractivity contribution >= 4 is 64.3 Å². The lowest BCUT2D eigenvalue weighted by atomic mass is 9.86. The minimum absolute atomic E-state index is 0.0428. The van der Waals surface area contributed by atoms with Gasteiger partial charge in [-0.3, -0.25) is 4.57 Å². The van der Waals surface area contributed by atoms with Crippen molar-refractivity contribution in [1.82, 2.24) is 14.1 Å². The summed E-state index contributed by atoms with van der Waals surface area (Å²) in [5.41, 5.74) is 11.6. The van der Waals surface area contributed by atoms with Gasteiger partial charge in [0.2, 0.25) is 0 Å². The third-order valence-electron chi connectivity index (χ3n) is 10.3. The maximum atomic E-state index is 5.41. The molecule has 0 radical (unpaired) electrons. The van der Waals surface area contributed by atoms with Crippen LogP contribution in [0, 0.1) is 0 Å². The van der Waals surface area contributed by atoms with E-state index in [1.807, 2.05) is 11.3 Å². The number of rotatable bonds is 4. The molecule has 0 saturated carbocycles. The summed E-state index contributed by atoms with van der Waals surface area (Å²) in [4.78, 5) is 5.41. The van der Waals surface area contributed by atoms with Gasteiger partial charge < -0.3 is 4.57 Å². The fourth-order valence-corrected chi connectivity index (χ4v) is 9.15. The van der Waals surface area contributed by atoms with E-state index in [1.165, 1.54) is 58.7 Å². The number of aromatic nitrogens is 3. The van der Waals surface area contributed by atoms with Crippen molar-refractivity contribution in [2.75, 3.05) is 0 Å². The normalized spacial score (nSPS) is 12.2. The number of para-hydroxylation sites is 3. The predicted molar refractivity (Wildman–Crippen MR) is 218 cm³/mol. The number of nitrogens with zero attached hydrogens (tertiary/aromatic N) is 3. The molecule has 7 aromatic carbocycles. The van der Waals surface area contributed by atoms with Gasteiger partial charge in [0.25, 0.3) is 0 Å². The third kappa shape index (κ3) is 4.67. The zero-order valence-electron chi connectivity index (χ0n) is 28.8. The molecule has 10 rings (SSSR count). The highest BCUT2D eigenvalue weighted by Gasteiger charge is 2.23. The quantitative estimate of drug-likeness (QED) is 0.182. The van der Waals surface area contributed by atoms with Crippen LogP contribution in [0.3, 0.4) is 0 Å². The van der Waals surface area contributed by atoms with E-state index >= 15 is 0 Å². The van der Waals surface area contributed by atoms with E-state index in [2.05, 4.69) is 188 Å². The van der Waals surface area contributed by atoms with Gasteiger partial charge >= 0.3 is 0 Å². The van der Waals surface area contributed by atoms with Gasteiger partial charge in [-0.25, -0.2) is 4.98 Å². The second kappa shape index (κ2) is 11.3. The highest BCUT2D eigenvalue weighted by molar-refractivity contribution is 7.26. The minimum atomic E-state index is -0.0428. The number of hydrogen-bond acceptors (Lipinski definition) is 2. The Labute approximate surface area is 300 Å². The van der Waals surface area contributed by atoms with E-state index in [4.69, 9.17) is 4.98 Å². The third-order valence-corrected chi connectivity index (χ3v) is 11.5. The van der Waals surface area contributed by atoms with Crippen LogP contribution in [0.1, 0.15) is 26.3 Å². The van der Waals surface area contributed by atoms with Gasteiger partial charge in [-0.05, 0) is 76.7 Å². The van der Waals surface area contributed by atoms with Gasteiger partial charge in [-0.2, -0.15) is 0 Å². The van der Waals surface area contributed by atoms with Crippen molar-refractivity contribution < 1.29 is 0 Å². The van der Waals surface area contributed by atoms with E-state index < -0.39 is 0 Å². The number of imidazole rings is 1.